The fourth-order valence-corrected chi connectivity index (χ4v) is 4.57. The zero-order chi connectivity index (χ0) is 18.6. The second-order valence-corrected chi connectivity index (χ2v) is 8.03. The van der Waals surface area contributed by atoms with Crippen LogP contribution in [0.2, 0.25) is 0 Å². The fraction of sp³-hybridized carbons (Fsp3) is 0.667. The molecule has 0 radical (unpaired) electrons. The van der Waals surface area contributed by atoms with E-state index in [4.69, 9.17) is 4.74 Å². The number of benzene rings is 1. The Morgan fingerprint density at radius 2 is 1.96 bits per heavy atom. The van der Waals surface area contributed by atoms with Crippen LogP contribution in [0.25, 0.3) is 0 Å². The van der Waals surface area contributed by atoms with Crippen LogP contribution in [-0.4, -0.2) is 86.7 Å². The number of methoxy groups -OCH3 is 1. The normalized spacial score (nSPS) is 23.1. The van der Waals surface area contributed by atoms with E-state index in [1.807, 2.05) is 11.9 Å². The third-order valence-electron chi connectivity index (χ3n) is 6.33. The van der Waals surface area contributed by atoms with Crippen LogP contribution in [0, 0.1) is 0 Å². The Morgan fingerprint density at radius 3 is 2.62 bits per heavy atom. The number of ether oxygens (including phenoxy) is 1. The van der Waals surface area contributed by atoms with E-state index in [0.717, 1.165) is 39.0 Å². The van der Waals surface area contributed by atoms with Gasteiger partial charge < -0.3 is 9.64 Å². The summed E-state index contributed by atoms with van der Waals surface area (Å²) in [5.41, 5.74) is 1.72. The highest BCUT2D eigenvalue weighted by molar-refractivity contribution is 5.78. The van der Waals surface area contributed by atoms with E-state index < -0.39 is 0 Å². The summed E-state index contributed by atoms with van der Waals surface area (Å²) in [6.07, 6.45) is 3.38. The van der Waals surface area contributed by atoms with E-state index in [9.17, 15) is 4.79 Å². The highest BCUT2D eigenvalue weighted by Gasteiger charge is 2.46. The first-order chi connectivity index (χ1) is 12.5. The van der Waals surface area contributed by atoms with Crippen LogP contribution in [0.5, 0.6) is 0 Å². The molecule has 0 unspecified atom stereocenters. The van der Waals surface area contributed by atoms with E-state index >= 15 is 0 Å². The van der Waals surface area contributed by atoms with Crippen LogP contribution in [0.1, 0.15) is 30.7 Å². The Balaban J connectivity index is 1.53. The number of amides is 1. The van der Waals surface area contributed by atoms with Crippen molar-refractivity contribution in [2.45, 2.75) is 30.7 Å². The molecule has 2 fully saturated rings. The first kappa shape index (κ1) is 19.3. The molecule has 0 bridgehead atoms. The van der Waals surface area contributed by atoms with E-state index in [1.165, 1.54) is 12.0 Å². The van der Waals surface area contributed by atoms with Crippen LogP contribution in [0.4, 0.5) is 0 Å². The number of hydrogen-bond donors (Lipinski definition) is 0. The summed E-state index contributed by atoms with van der Waals surface area (Å²) in [7, 11) is 5.94. The summed E-state index contributed by atoms with van der Waals surface area (Å²) in [4.78, 5) is 19.2. The van der Waals surface area contributed by atoms with Gasteiger partial charge in [0.25, 0.3) is 0 Å². The zero-order valence-corrected chi connectivity index (χ0v) is 16.5. The summed E-state index contributed by atoms with van der Waals surface area (Å²) in [5, 5.41) is 0. The third kappa shape index (κ3) is 4.27. The Morgan fingerprint density at radius 1 is 1.27 bits per heavy atom. The molecule has 1 amide bonds. The topological polar surface area (TPSA) is 36.0 Å². The minimum atomic E-state index is 0.249. The molecule has 1 spiro atoms. The molecule has 2 saturated heterocycles. The van der Waals surface area contributed by atoms with Crippen molar-refractivity contribution in [3.63, 3.8) is 0 Å². The van der Waals surface area contributed by atoms with Crippen molar-refractivity contribution in [2.75, 3.05) is 60.5 Å². The second-order valence-electron chi connectivity index (χ2n) is 8.03. The molecule has 0 N–H and O–H groups in total. The quantitative estimate of drug-likeness (QED) is 0.779. The van der Waals surface area contributed by atoms with Crippen molar-refractivity contribution >= 4 is 5.91 Å². The maximum Gasteiger partial charge on any atom is 0.236 e. The average Bonchev–Trinajstić information content (AvgIpc) is 2.97. The molecule has 26 heavy (non-hydrogen) atoms. The molecule has 0 aromatic heterocycles. The van der Waals surface area contributed by atoms with Gasteiger partial charge in [-0.15, -0.1) is 0 Å². The fourth-order valence-electron chi connectivity index (χ4n) is 4.57. The number of likely N-dealkylation sites (N-methyl/N-ethyl adjacent to an activating group) is 2. The van der Waals surface area contributed by atoms with Crippen LogP contribution in [-0.2, 0) is 9.53 Å². The van der Waals surface area contributed by atoms with Crippen LogP contribution >= 0.6 is 0 Å². The summed E-state index contributed by atoms with van der Waals surface area (Å²) < 4.78 is 5.09. The Labute approximate surface area is 157 Å². The van der Waals surface area contributed by atoms with Gasteiger partial charge in [0.2, 0.25) is 5.91 Å². The molecule has 1 atom stereocenters. The summed E-state index contributed by atoms with van der Waals surface area (Å²) in [6.45, 7) is 4.82. The highest BCUT2D eigenvalue weighted by Crippen LogP contribution is 2.43. The Hall–Kier alpha value is -1.43. The third-order valence-corrected chi connectivity index (χ3v) is 6.33. The zero-order valence-electron chi connectivity index (χ0n) is 16.5. The lowest BCUT2D eigenvalue weighted by atomic mass is 9.81. The minimum absolute atomic E-state index is 0.249. The number of rotatable bonds is 6. The SMILES string of the molecule is COCCN(C)CC(=O)N1CCC2(CC1)C[C@@H](c1ccccc1)CN2C. The van der Waals surface area contributed by atoms with Crippen LogP contribution < -0.4 is 0 Å². The molecule has 1 aromatic carbocycles. The Kier molecular flexibility index (Phi) is 6.33. The van der Waals surface area contributed by atoms with E-state index in [1.54, 1.807) is 7.11 Å². The average molecular weight is 360 g/mol. The molecule has 2 aliphatic heterocycles. The van der Waals surface area contributed by atoms with Gasteiger partial charge in [0, 0.05) is 38.8 Å². The molecule has 3 rings (SSSR count). The highest BCUT2D eigenvalue weighted by atomic mass is 16.5. The van der Waals surface area contributed by atoms with Gasteiger partial charge in [-0.25, -0.2) is 0 Å². The van der Waals surface area contributed by atoms with Crippen molar-refractivity contribution in [3.05, 3.63) is 35.9 Å². The first-order valence-electron chi connectivity index (χ1n) is 9.75. The summed E-state index contributed by atoms with van der Waals surface area (Å²) >= 11 is 0. The van der Waals surface area contributed by atoms with Crippen molar-refractivity contribution < 1.29 is 9.53 Å². The summed E-state index contributed by atoms with van der Waals surface area (Å²) in [6, 6.07) is 10.9. The monoisotopic (exact) mass is 359 g/mol. The van der Waals surface area contributed by atoms with Gasteiger partial charge in [0.15, 0.2) is 0 Å². The van der Waals surface area contributed by atoms with Gasteiger partial charge in [-0.1, -0.05) is 30.3 Å². The molecule has 0 aliphatic carbocycles. The van der Waals surface area contributed by atoms with Crippen molar-refractivity contribution in [3.8, 4) is 0 Å². The van der Waals surface area contributed by atoms with Crippen LogP contribution in [0.15, 0.2) is 30.3 Å². The van der Waals surface area contributed by atoms with Gasteiger partial charge >= 0.3 is 0 Å². The molecule has 5 heteroatoms. The lowest BCUT2D eigenvalue weighted by molar-refractivity contribution is -0.134. The molecular weight excluding hydrogens is 326 g/mol. The summed E-state index contributed by atoms with van der Waals surface area (Å²) in [5.74, 6) is 0.863. The second kappa shape index (κ2) is 8.51. The molecule has 2 aliphatic rings. The maximum absolute atomic E-state index is 12.6. The molecule has 5 nitrogen and oxygen atoms in total. The van der Waals surface area contributed by atoms with Crippen molar-refractivity contribution in [1.82, 2.24) is 14.7 Å². The molecule has 1 aromatic rings. The first-order valence-corrected chi connectivity index (χ1v) is 9.75. The van der Waals surface area contributed by atoms with Gasteiger partial charge in [0.05, 0.1) is 13.2 Å². The van der Waals surface area contributed by atoms with Gasteiger partial charge in [-0.2, -0.15) is 0 Å². The van der Waals surface area contributed by atoms with E-state index in [2.05, 4.69) is 47.2 Å². The molecule has 2 heterocycles. The molecule has 144 valence electrons. The van der Waals surface area contributed by atoms with E-state index in [-0.39, 0.29) is 11.4 Å². The molecular formula is C21H33N3O2. The number of carbonyl (C=O) groups excluding carboxylic acids is 1. The Bertz CT molecular complexity index is 584. The molecule has 0 saturated carbocycles. The minimum Gasteiger partial charge on any atom is -0.383 e. The van der Waals surface area contributed by atoms with Gasteiger partial charge in [-0.3, -0.25) is 14.6 Å². The predicted molar refractivity (Wildman–Crippen MR) is 104 cm³/mol. The number of nitrogens with zero attached hydrogens (tertiary/aromatic N) is 3. The van der Waals surface area contributed by atoms with Crippen molar-refractivity contribution in [1.29, 1.82) is 0 Å². The van der Waals surface area contributed by atoms with Gasteiger partial charge in [-0.05, 0) is 44.8 Å². The number of likely N-dealkylation sites (tertiary alicyclic amines) is 2. The lowest BCUT2D eigenvalue weighted by Gasteiger charge is -2.44. The standard InChI is InChI=1S/C21H33N3O2/c1-22(13-14-26-3)17-20(25)24-11-9-21(10-12-24)15-19(16-23(21)2)18-7-5-4-6-8-18/h4-8,19H,9-17H2,1-3H3/t19-/m1/s1. The van der Waals surface area contributed by atoms with E-state index in [0.29, 0.717) is 19.1 Å². The predicted octanol–water partition coefficient (Wildman–Crippen LogP) is 2.05. The van der Waals surface area contributed by atoms with Crippen molar-refractivity contribution in [2.24, 2.45) is 0 Å². The van der Waals surface area contributed by atoms with Crippen LogP contribution in [0.3, 0.4) is 0 Å². The maximum atomic E-state index is 12.6. The lowest BCUT2D eigenvalue weighted by Crippen LogP contribution is -2.53. The number of carbonyl (C=O) groups is 1. The largest absolute Gasteiger partial charge is 0.383 e. The smallest absolute Gasteiger partial charge is 0.236 e. The number of hydrogen-bond acceptors (Lipinski definition) is 4. The number of piperidine rings is 1. The van der Waals surface area contributed by atoms with Gasteiger partial charge in [0.1, 0.15) is 0 Å².